The molecular weight excluding hydrogens is 423 g/mol. The van der Waals surface area contributed by atoms with Crippen molar-refractivity contribution in [2.75, 3.05) is 32.2 Å². The van der Waals surface area contributed by atoms with Crippen LogP contribution in [-0.2, 0) is 28.7 Å². The summed E-state index contributed by atoms with van der Waals surface area (Å²) in [4.78, 5) is 14.1. The summed E-state index contributed by atoms with van der Waals surface area (Å²) in [5.41, 5.74) is -0.0315. The average Bonchev–Trinajstić information content (AvgIpc) is 3.09. The summed E-state index contributed by atoms with van der Waals surface area (Å²) in [5.74, 6) is 1.09. The first-order chi connectivity index (χ1) is 15.2. The quantitative estimate of drug-likeness (QED) is 0.623. The van der Waals surface area contributed by atoms with Crippen molar-refractivity contribution in [2.45, 2.75) is 44.8 Å². The van der Waals surface area contributed by atoms with Crippen molar-refractivity contribution in [1.82, 2.24) is 9.78 Å². The summed E-state index contributed by atoms with van der Waals surface area (Å²) >= 11 is 0. The second-order valence-corrected chi connectivity index (χ2v) is 9.48. The van der Waals surface area contributed by atoms with E-state index >= 15 is 0 Å². The van der Waals surface area contributed by atoms with E-state index < -0.39 is 11.9 Å². The van der Waals surface area contributed by atoms with E-state index in [0.717, 1.165) is 24.8 Å². The number of hydrogen-bond donors (Lipinski definition) is 0. The van der Waals surface area contributed by atoms with Gasteiger partial charge in [-0.1, -0.05) is 12.1 Å². The first-order valence-electron chi connectivity index (χ1n) is 10.8. The smallest absolute Gasteiger partial charge is 0.435 e. The summed E-state index contributed by atoms with van der Waals surface area (Å²) in [7, 11) is 2.98. The molecule has 0 saturated heterocycles. The Morgan fingerprint density at radius 3 is 2.44 bits per heavy atom. The van der Waals surface area contributed by atoms with Gasteiger partial charge in [0.2, 0.25) is 0 Å². The number of carbonyl (C=O) groups excluding carboxylic acids is 1. The fourth-order valence-electron chi connectivity index (χ4n) is 6.03. The second kappa shape index (κ2) is 7.15. The van der Waals surface area contributed by atoms with E-state index in [9.17, 15) is 18.0 Å². The zero-order valence-electron chi connectivity index (χ0n) is 18.2. The molecular formula is C23H26F3N3O3. The first-order valence-corrected chi connectivity index (χ1v) is 10.8. The van der Waals surface area contributed by atoms with Gasteiger partial charge in [0.25, 0.3) is 0 Å². The SMILES string of the molecule is COC(=O)C12CC(CN3CCCc4c(C(F)(F)F)nn(Cc5ccc(OC)cc5)c43)(C1)C2. The molecule has 3 saturated carbocycles. The van der Waals surface area contributed by atoms with E-state index in [-0.39, 0.29) is 28.9 Å². The van der Waals surface area contributed by atoms with Crippen molar-refractivity contribution in [3.05, 3.63) is 41.1 Å². The van der Waals surface area contributed by atoms with Gasteiger partial charge >= 0.3 is 12.1 Å². The zero-order valence-corrected chi connectivity index (χ0v) is 18.2. The molecule has 0 N–H and O–H groups in total. The Bertz CT molecular complexity index is 1030. The van der Waals surface area contributed by atoms with E-state index in [2.05, 4.69) is 10.00 Å². The van der Waals surface area contributed by atoms with Gasteiger partial charge in [-0.2, -0.15) is 18.3 Å². The van der Waals surface area contributed by atoms with Gasteiger partial charge in [-0.05, 0) is 55.2 Å². The molecule has 1 aromatic heterocycles. The van der Waals surface area contributed by atoms with Crippen LogP contribution in [0.1, 0.15) is 42.5 Å². The van der Waals surface area contributed by atoms with Gasteiger partial charge in [0.1, 0.15) is 11.6 Å². The normalized spacial score (nSPS) is 26.1. The highest BCUT2D eigenvalue weighted by Gasteiger charge is 2.72. The van der Waals surface area contributed by atoms with Crippen LogP contribution in [0.15, 0.2) is 24.3 Å². The largest absolute Gasteiger partial charge is 0.497 e. The van der Waals surface area contributed by atoms with Crippen LogP contribution in [0.4, 0.5) is 19.0 Å². The van der Waals surface area contributed by atoms with Crippen LogP contribution in [0.25, 0.3) is 0 Å². The Morgan fingerprint density at radius 1 is 1.16 bits per heavy atom. The maximum atomic E-state index is 13.8. The number of methoxy groups -OCH3 is 2. The molecule has 9 heteroatoms. The topological polar surface area (TPSA) is 56.6 Å². The van der Waals surface area contributed by atoms with E-state index in [1.807, 2.05) is 12.1 Å². The predicted octanol–water partition coefficient (Wildman–Crippen LogP) is 4.05. The van der Waals surface area contributed by atoms with Crippen molar-refractivity contribution in [2.24, 2.45) is 10.8 Å². The number of benzene rings is 1. The standard InChI is InChI=1S/C23H26F3N3O3/c1-31-16-7-5-15(6-8-16)10-29-19-17(18(27-29)23(24,25)26)4-3-9-28(19)14-21-11-22(12-21,13-21)20(30)32-2/h5-8H,3-4,9-14H2,1-2H3. The lowest BCUT2D eigenvalue weighted by molar-refractivity contribution is -0.221. The molecule has 0 radical (unpaired) electrons. The Labute approximate surface area is 184 Å². The number of nitrogens with zero attached hydrogens (tertiary/aromatic N) is 3. The molecule has 172 valence electrons. The number of ether oxygens (including phenoxy) is 2. The van der Waals surface area contributed by atoms with Crippen LogP contribution in [0.3, 0.4) is 0 Å². The molecule has 1 aromatic carbocycles. The minimum absolute atomic E-state index is 0.0175. The number of anilines is 1. The summed E-state index contributed by atoms with van der Waals surface area (Å²) in [6.07, 6.45) is -1.24. The fraction of sp³-hybridized carbons (Fsp3) is 0.565. The van der Waals surface area contributed by atoms with Crippen LogP contribution in [0.2, 0.25) is 0 Å². The number of aromatic nitrogens is 2. The Kier molecular flexibility index (Phi) is 4.73. The van der Waals surface area contributed by atoms with Gasteiger partial charge in [-0.25, -0.2) is 4.68 Å². The van der Waals surface area contributed by atoms with Crippen LogP contribution in [0.5, 0.6) is 5.75 Å². The van der Waals surface area contributed by atoms with Gasteiger partial charge in [0, 0.05) is 18.7 Å². The van der Waals surface area contributed by atoms with Crippen molar-refractivity contribution in [3.8, 4) is 5.75 Å². The third-order valence-electron chi connectivity index (χ3n) is 7.22. The van der Waals surface area contributed by atoms with Crippen molar-refractivity contribution in [1.29, 1.82) is 0 Å². The lowest BCUT2D eigenvalue weighted by atomic mass is 9.35. The molecule has 2 bridgehead atoms. The van der Waals surface area contributed by atoms with Crippen molar-refractivity contribution >= 4 is 11.8 Å². The monoisotopic (exact) mass is 449 g/mol. The number of alkyl halides is 3. The van der Waals surface area contributed by atoms with Gasteiger partial charge in [-0.15, -0.1) is 0 Å². The summed E-state index contributed by atoms with van der Waals surface area (Å²) in [5, 5.41) is 4.04. The Hall–Kier alpha value is -2.71. The van der Waals surface area contributed by atoms with E-state index in [1.165, 1.54) is 11.8 Å². The average molecular weight is 449 g/mol. The Morgan fingerprint density at radius 2 is 1.84 bits per heavy atom. The number of carbonyl (C=O) groups is 1. The zero-order chi connectivity index (χ0) is 22.7. The van der Waals surface area contributed by atoms with E-state index in [0.29, 0.717) is 37.5 Å². The molecule has 0 atom stereocenters. The lowest BCUT2D eigenvalue weighted by Crippen LogP contribution is -2.69. The highest BCUT2D eigenvalue weighted by Crippen LogP contribution is 2.74. The van der Waals surface area contributed by atoms with Crippen LogP contribution < -0.4 is 9.64 Å². The van der Waals surface area contributed by atoms with E-state index in [1.54, 1.807) is 19.2 Å². The molecule has 2 heterocycles. The van der Waals surface area contributed by atoms with Crippen molar-refractivity contribution < 1.29 is 27.4 Å². The molecule has 0 spiro atoms. The summed E-state index contributed by atoms with van der Waals surface area (Å²) < 4.78 is 53.0. The van der Waals surface area contributed by atoms with Gasteiger partial charge < -0.3 is 14.4 Å². The van der Waals surface area contributed by atoms with Gasteiger partial charge in [0.15, 0.2) is 5.69 Å². The summed E-state index contributed by atoms with van der Waals surface area (Å²) in [6, 6.07) is 7.27. The minimum Gasteiger partial charge on any atom is -0.497 e. The van der Waals surface area contributed by atoms with Gasteiger partial charge in [0.05, 0.1) is 26.2 Å². The molecule has 2 aromatic rings. The first kappa shape index (κ1) is 21.2. The second-order valence-electron chi connectivity index (χ2n) is 9.48. The number of rotatable bonds is 6. The van der Waals surface area contributed by atoms with Crippen LogP contribution in [-0.4, -0.2) is 43.1 Å². The third-order valence-corrected chi connectivity index (χ3v) is 7.22. The number of esters is 1. The number of hydrogen-bond acceptors (Lipinski definition) is 5. The molecule has 1 aliphatic heterocycles. The molecule has 3 aliphatic carbocycles. The fourth-order valence-corrected chi connectivity index (χ4v) is 6.03. The van der Waals surface area contributed by atoms with Crippen molar-refractivity contribution in [3.63, 3.8) is 0 Å². The molecule has 32 heavy (non-hydrogen) atoms. The maximum Gasteiger partial charge on any atom is 0.435 e. The third kappa shape index (κ3) is 3.24. The Balaban J connectivity index is 1.44. The highest BCUT2D eigenvalue weighted by molar-refractivity contribution is 5.81. The number of fused-ring (bicyclic) bond motifs is 1. The predicted molar refractivity (Wildman–Crippen MR) is 111 cm³/mol. The molecule has 0 amide bonds. The van der Waals surface area contributed by atoms with Crippen LogP contribution in [0, 0.1) is 10.8 Å². The molecule has 4 aliphatic rings. The van der Waals surface area contributed by atoms with Gasteiger partial charge in [-0.3, -0.25) is 4.79 Å². The number of halogens is 3. The molecule has 3 fully saturated rings. The van der Waals surface area contributed by atoms with E-state index in [4.69, 9.17) is 9.47 Å². The highest BCUT2D eigenvalue weighted by atomic mass is 19.4. The molecule has 0 unspecified atom stereocenters. The molecule has 6 nitrogen and oxygen atoms in total. The minimum atomic E-state index is -4.50. The lowest BCUT2D eigenvalue weighted by Gasteiger charge is -2.69. The summed E-state index contributed by atoms with van der Waals surface area (Å²) in [6.45, 7) is 1.58. The maximum absolute atomic E-state index is 13.8. The molecule has 6 rings (SSSR count). The van der Waals surface area contributed by atoms with Crippen LogP contribution >= 0.6 is 0 Å².